The summed E-state index contributed by atoms with van der Waals surface area (Å²) in [7, 11) is 0. The van der Waals surface area contributed by atoms with E-state index < -0.39 is 5.97 Å². The molecular formula is C26H36N2O5. The maximum Gasteiger partial charge on any atom is 0.325 e. The van der Waals surface area contributed by atoms with Crippen molar-refractivity contribution >= 4 is 17.7 Å². The molecule has 2 heterocycles. The molecule has 7 nitrogen and oxygen atoms in total. The lowest BCUT2D eigenvalue weighted by molar-refractivity contribution is -0.150. The van der Waals surface area contributed by atoms with Crippen LogP contribution in [0.15, 0.2) is 6.07 Å². The second kappa shape index (κ2) is 8.90. The van der Waals surface area contributed by atoms with Gasteiger partial charge in [0.1, 0.15) is 6.54 Å². The van der Waals surface area contributed by atoms with E-state index in [0.29, 0.717) is 23.3 Å². The molecule has 5 aliphatic rings. The minimum Gasteiger partial charge on any atom is -0.456 e. The first-order chi connectivity index (χ1) is 15.8. The Labute approximate surface area is 195 Å². The standard InChI is InChI=1S/C26H36N2O5/c1-16-6-22(17(2)28(16)14-21-4-3-5-32-21)23(29)15-33-24(30)13-27-25(31)26-10-18-7-19(11-26)9-20(8-18)12-26/h6,18-21H,3-5,7-15H2,1-2H3,(H,27,31)/t18?,19?,20?,21-,26?/m1/s1. The third-order valence-electron chi connectivity index (χ3n) is 8.56. The predicted molar refractivity (Wildman–Crippen MR) is 122 cm³/mol. The van der Waals surface area contributed by atoms with Crippen molar-refractivity contribution in [1.82, 2.24) is 9.88 Å². The van der Waals surface area contributed by atoms with Gasteiger partial charge in [-0.15, -0.1) is 0 Å². The van der Waals surface area contributed by atoms with Gasteiger partial charge in [-0.05, 0) is 89.0 Å². The molecule has 1 aromatic heterocycles. The van der Waals surface area contributed by atoms with Crippen molar-refractivity contribution in [3.8, 4) is 0 Å². The number of aryl methyl sites for hydroxylation is 1. The van der Waals surface area contributed by atoms with E-state index in [1.807, 2.05) is 19.9 Å². The van der Waals surface area contributed by atoms with Crippen molar-refractivity contribution in [3.63, 3.8) is 0 Å². The van der Waals surface area contributed by atoms with Crippen LogP contribution < -0.4 is 5.32 Å². The molecule has 180 valence electrons. The molecule has 4 bridgehead atoms. The summed E-state index contributed by atoms with van der Waals surface area (Å²) < 4.78 is 13.1. The number of carbonyl (C=O) groups is 3. The number of ketones is 1. The van der Waals surface area contributed by atoms with Crippen LogP contribution in [0.3, 0.4) is 0 Å². The van der Waals surface area contributed by atoms with Gasteiger partial charge in [-0.2, -0.15) is 0 Å². The van der Waals surface area contributed by atoms with Crippen molar-refractivity contribution in [2.24, 2.45) is 23.2 Å². The Balaban J connectivity index is 1.11. The summed E-state index contributed by atoms with van der Waals surface area (Å²) in [5.74, 6) is 1.24. The summed E-state index contributed by atoms with van der Waals surface area (Å²) in [4.78, 5) is 38.0. The Morgan fingerprint density at radius 1 is 1.12 bits per heavy atom. The maximum absolute atomic E-state index is 13.0. The molecule has 1 aliphatic heterocycles. The van der Waals surface area contributed by atoms with Gasteiger partial charge in [-0.3, -0.25) is 14.4 Å². The van der Waals surface area contributed by atoms with E-state index in [9.17, 15) is 14.4 Å². The highest BCUT2D eigenvalue weighted by molar-refractivity contribution is 5.99. The van der Waals surface area contributed by atoms with E-state index >= 15 is 0 Å². The normalized spacial score (nSPS) is 32.2. The van der Waals surface area contributed by atoms with E-state index in [1.54, 1.807) is 0 Å². The number of ether oxygens (including phenoxy) is 2. The molecule has 0 spiro atoms. The summed E-state index contributed by atoms with van der Waals surface area (Å²) in [5.41, 5.74) is 2.17. The number of Topliss-reactive ketones (excluding diaryl/α,β-unsaturated/α-hetero) is 1. The zero-order valence-electron chi connectivity index (χ0n) is 19.9. The van der Waals surface area contributed by atoms with Crippen molar-refractivity contribution in [2.75, 3.05) is 19.8 Å². The molecule has 1 atom stereocenters. The Morgan fingerprint density at radius 3 is 2.39 bits per heavy atom. The van der Waals surface area contributed by atoms with E-state index in [1.165, 1.54) is 19.3 Å². The van der Waals surface area contributed by atoms with Crippen LogP contribution in [-0.2, 0) is 25.6 Å². The highest BCUT2D eigenvalue weighted by Crippen LogP contribution is 2.60. The number of hydrogen-bond donors (Lipinski definition) is 1. The van der Waals surface area contributed by atoms with Gasteiger partial charge in [-0.25, -0.2) is 0 Å². The monoisotopic (exact) mass is 456 g/mol. The zero-order valence-corrected chi connectivity index (χ0v) is 19.9. The van der Waals surface area contributed by atoms with E-state index in [-0.39, 0.29) is 36.4 Å². The lowest BCUT2D eigenvalue weighted by atomic mass is 9.49. The lowest BCUT2D eigenvalue weighted by Crippen LogP contribution is -2.54. The van der Waals surface area contributed by atoms with Crippen LogP contribution in [0.2, 0.25) is 0 Å². The minimum absolute atomic E-state index is 0.00236. The van der Waals surface area contributed by atoms with Gasteiger partial charge in [0.25, 0.3) is 0 Å². The van der Waals surface area contributed by atoms with Crippen LogP contribution in [0, 0.1) is 37.0 Å². The number of aromatic nitrogens is 1. The van der Waals surface area contributed by atoms with Gasteiger partial charge in [0.15, 0.2) is 6.61 Å². The molecule has 4 saturated carbocycles. The molecule has 1 N–H and O–H groups in total. The first-order valence-corrected chi connectivity index (χ1v) is 12.6. The topological polar surface area (TPSA) is 86.6 Å². The van der Waals surface area contributed by atoms with E-state index in [4.69, 9.17) is 9.47 Å². The molecule has 6 rings (SSSR count). The van der Waals surface area contributed by atoms with Crippen LogP contribution in [0.5, 0.6) is 0 Å². The number of rotatable bonds is 8. The Bertz CT molecular complexity index is 907. The fourth-order valence-corrected chi connectivity index (χ4v) is 7.36. The molecule has 0 unspecified atom stereocenters. The van der Waals surface area contributed by atoms with Crippen molar-refractivity contribution in [2.45, 2.75) is 77.9 Å². The highest BCUT2D eigenvalue weighted by atomic mass is 16.5. The average Bonchev–Trinajstić information content (AvgIpc) is 3.38. The summed E-state index contributed by atoms with van der Waals surface area (Å²) in [6.07, 6.45) is 8.98. The lowest BCUT2D eigenvalue weighted by Gasteiger charge is -2.55. The fraction of sp³-hybridized carbons (Fsp3) is 0.731. The molecule has 1 aromatic rings. The summed E-state index contributed by atoms with van der Waals surface area (Å²) in [5, 5.41) is 2.83. The van der Waals surface area contributed by atoms with Gasteiger partial charge in [-0.1, -0.05) is 0 Å². The minimum atomic E-state index is -0.561. The molecule has 7 heteroatoms. The van der Waals surface area contributed by atoms with Gasteiger partial charge >= 0.3 is 5.97 Å². The van der Waals surface area contributed by atoms with Gasteiger partial charge in [0.2, 0.25) is 11.7 Å². The average molecular weight is 457 g/mol. The number of carbonyl (C=O) groups excluding carboxylic acids is 3. The molecule has 5 fully saturated rings. The molecule has 0 aromatic carbocycles. The Kier molecular flexibility index (Phi) is 6.10. The van der Waals surface area contributed by atoms with Crippen LogP contribution in [0.25, 0.3) is 0 Å². The number of hydrogen-bond acceptors (Lipinski definition) is 5. The number of esters is 1. The Hall–Kier alpha value is -2.15. The van der Waals surface area contributed by atoms with Crippen molar-refractivity contribution in [1.29, 1.82) is 0 Å². The second-order valence-corrected chi connectivity index (χ2v) is 11.0. The smallest absolute Gasteiger partial charge is 0.325 e. The van der Waals surface area contributed by atoms with Crippen LogP contribution >= 0.6 is 0 Å². The summed E-state index contributed by atoms with van der Waals surface area (Å²) >= 11 is 0. The molecule has 4 aliphatic carbocycles. The molecule has 0 radical (unpaired) electrons. The van der Waals surface area contributed by atoms with Crippen LogP contribution in [0.1, 0.15) is 73.1 Å². The number of nitrogens with zero attached hydrogens (tertiary/aromatic N) is 1. The first-order valence-electron chi connectivity index (χ1n) is 12.6. The molecule has 1 amide bonds. The fourth-order valence-electron chi connectivity index (χ4n) is 7.36. The van der Waals surface area contributed by atoms with Gasteiger partial charge < -0.3 is 19.4 Å². The van der Waals surface area contributed by atoms with Crippen LogP contribution in [-0.4, -0.2) is 48.1 Å². The third kappa shape index (κ3) is 4.48. The third-order valence-corrected chi connectivity index (χ3v) is 8.56. The van der Waals surface area contributed by atoms with Gasteiger partial charge in [0.05, 0.1) is 6.10 Å². The molecular weight excluding hydrogens is 420 g/mol. The van der Waals surface area contributed by atoms with Crippen molar-refractivity contribution < 1.29 is 23.9 Å². The highest BCUT2D eigenvalue weighted by Gasteiger charge is 2.54. The van der Waals surface area contributed by atoms with E-state index in [0.717, 1.165) is 56.6 Å². The van der Waals surface area contributed by atoms with Crippen molar-refractivity contribution in [3.05, 3.63) is 23.0 Å². The second-order valence-electron chi connectivity index (χ2n) is 11.0. The number of nitrogens with one attached hydrogen (secondary N) is 1. The quantitative estimate of drug-likeness (QED) is 0.479. The Morgan fingerprint density at radius 2 is 1.79 bits per heavy atom. The summed E-state index contributed by atoms with van der Waals surface area (Å²) in [6, 6.07) is 1.86. The molecule has 33 heavy (non-hydrogen) atoms. The largest absolute Gasteiger partial charge is 0.456 e. The maximum atomic E-state index is 13.0. The zero-order chi connectivity index (χ0) is 23.2. The van der Waals surface area contributed by atoms with Gasteiger partial charge in [0, 0.05) is 35.5 Å². The first kappa shape index (κ1) is 22.6. The molecule has 1 saturated heterocycles. The SMILES string of the molecule is Cc1cc(C(=O)COC(=O)CNC(=O)C23CC4CC(CC(C4)C2)C3)c(C)n1C[C@H]1CCCO1. The number of amides is 1. The van der Waals surface area contributed by atoms with Crippen LogP contribution in [0.4, 0.5) is 0 Å². The summed E-state index contributed by atoms with van der Waals surface area (Å²) in [6.45, 7) is 4.95. The van der Waals surface area contributed by atoms with E-state index in [2.05, 4.69) is 9.88 Å². The predicted octanol–water partition coefficient (Wildman–Crippen LogP) is 3.34.